The lowest BCUT2D eigenvalue weighted by Crippen LogP contribution is -2.28. The van der Waals surface area contributed by atoms with Gasteiger partial charge in [-0.25, -0.2) is 0 Å². The molecule has 0 unspecified atom stereocenters. The van der Waals surface area contributed by atoms with E-state index in [0.29, 0.717) is 24.5 Å². The van der Waals surface area contributed by atoms with E-state index in [-0.39, 0.29) is 12.3 Å². The van der Waals surface area contributed by atoms with E-state index >= 15 is 0 Å². The van der Waals surface area contributed by atoms with E-state index in [9.17, 15) is 14.4 Å². The van der Waals surface area contributed by atoms with Crippen molar-refractivity contribution in [3.8, 4) is 5.75 Å². The van der Waals surface area contributed by atoms with Gasteiger partial charge in [0.05, 0.1) is 18.7 Å². The maximum absolute atomic E-state index is 12.3. The van der Waals surface area contributed by atoms with E-state index in [4.69, 9.17) is 9.47 Å². The van der Waals surface area contributed by atoms with E-state index in [1.807, 2.05) is 30.3 Å². The zero-order chi connectivity index (χ0) is 19.9. The number of benzene rings is 2. The molecular weight excluding hydrogens is 360 g/mol. The van der Waals surface area contributed by atoms with Crippen molar-refractivity contribution in [1.29, 1.82) is 0 Å². The molecule has 1 heterocycles. The molecule has 1 fully saturated rings. The molecule has 1 N–H and O–H groups in total. The number of methoxy groups -OCH3 is 1. The third-order valence-corrected chi connectivity index (χ3v) is 4.49. The third-order valence-electron chi connectivity index (χ3n) is 4.49. The Labute approximate surface area is 163 Å². The van der Waals surface area contributed by atoms with Crippen LogP contribution < -0.4 is 10.1 Å². The molecule has 1 atom stereocenters. The van der Waals surface area contributed by atoms with Crippen molar-refractivity contribution in [3.05, 3.63) is 60.2 Å². The largest absolute Gasteiger partial charge is 0.495 e. The Kier molecular flexibility index (Phi) is 6.26. The second kappa shape index (κ2) is 9.03. The van der Waals surface area contributed by atoms with E-state index < -0.39 is 24.4 Å². The van der Waals surface area contributed by atoms with Crippen LogP contribution in [0.15, 0.2) is 54.6 Å². The first-order valence-electron chi connectivity index (χ1n) is 8.98. The van der Waals surface area contributed by atoms with Gasteiger partial charge in [-0.3, -0.25) is 14.4 Å². The van der Waals surface area contributed by atoms with Gasteiger partial charge in [-0.1, -0.05) is 42.5 Å². The van der Waals surface area contributed by atoms with Crippen LogP contribution in [-0.4, -0.2) is 42.9 Å². The highest BCUT2D eigenvalue weighted by Crippen LogP contribution is 2.23. The topological polar surface area (TPSA) is 84.9 Å². The Bertz CT molecular complexity index is 853. The Morgan fingerprint density at radius 1 is 1.11 bits per heavy atom. The number of ether oxygens (including phenoxy) is 2. The number of hydrogen-bond donors (Lipinski definition) is 1. The van der Waals surface area contributed by atoms with Crippen LogP contribution in [0.4, 0.5) is 5.69 Å². The molecule has 1 aliphatic heterocycles. The molecule has 0 aliphatic carbocycles. The fourth-order valence-corrected chi connectivity index (χ4v) is 3.08. The van der Waals surface area contributed by atoms with Gasteiger partial charge < -0.3 is 19.7 Å². The fourth-order valence-electron chi connectivity index (χ4n) is 3.08. The summed E-state index contributed by atoms with van der Waals surface area (Å²) in [6.45, 7) is 0.332. The fraction of sp³-hybridized carbons (Fsp3) is 0.286. The lowest BCUT2D eigenvalue weighted by molar-refractivity contribution is -0.151. The normalized spacial score (nSPS) is 16.0. The number of carbonyl (C=O) groups excluding carboxylic acids is 3. The molecule has 2 aromatic rings. The summed E-state index contributed by atoms with van der Waals surface area (Å²) in [7, 11) is 1.50. The molecule has 146 valence electrons. The highest BCUT2D eigenvalue weighted by Gasteiger charge is 2.35. The van der Waals surface area contributed by atoms with Crippen molar-refractivity contribution >= 4 is 23.5 Å². The van der Waals surface area contributed by atoms with Gasteiger partial charge in [-0.05, 0) is 17.7 Å². The summed E-state index contributed by atoms with van der Waals surface area (Å²) < 4.78 is 10.3. The first-order valence-corrected chi connectivity index (χ1v) is 8.98. The highest BCUT2D eigenvalue weighted by molar-refractivity contribution is 5.94. The average Bonchev–Trinajstić information content (AvgIpc) is 3.08. The maximum atomic E-state index is 12.3. The van der Waals surface area contributed by atoms with Crippen molar-refractivity contribution in [3.63, 3.8) is 0 Å². The molecule has 0 spiro atoms. The van der Waals surface area contributed by atoms with E-state index in [1.54, 1.807) is 29.2 Å². The highest BCUT2D eigenvalue weighted by atomic mass is 16.5. The summed E-state index contributed by atoms with van der Waals surface area (Å²) in [5.41, 5.74) is 1.50. The van der Waals surface area contributed by atoms with Crippen LogP contribution in [0.3, 0.4) is 0 Å². The van der Waals surface area contributed by atoms with Gasteiger partial charge in [-0.15, -0.1) is 0 Å². The SMILES string of the molecule is COc1ccccc1NC(=O)COC(=O)[C@H]1CC(=O)N(Cc2ccccc2)C1. The number of likely N-dealkylation sites (tertiary alicyclic amines) is 1. The summed E-state index contributed by atoms with van der Waals surface area (Å²) in [6.07, 6.45) is 0.0970. The second-order valence-corrected chi connectivity index (χ2v) is 6.52. The number of nitrogens with zero attached hydrogens (tertiary/aromatic N) is 1. The summed E-state index contributed by atoms with van der Waals surface area (Å²) in [6, 6.07) is 16.5. The van der Waals surface area contributed by atoms with Gasteiger partial charge in [0.15, 0.2) is 6.61 Å². The number of rotatable bonds is 7. The van der Waals surface area contributed by atoms with Crippen molar-refractivity contribution < 1.29 is 23.9 Å². The quantitative estimate of drug-likeness (QED) is 0.743. The number of esters is 1. The molecule has 28 heavy (non-hydrogen) atoms. The van der Waals surface area contributed by atoms with Crippen LogP contribution in [0.5, 0.6) is 5.75 Å². The smallest absolute Gasteiger partial charge is 0.311 e. The lowest BCUT2D eigenvalue weighted by Gasteiger charge is -2.16. The maximum Gasteiger partial charge on any atom is 0.311 e. The minimum absolute atomic E-state index is 0.0933. The Morgan fingerprint density at radius 2 is 1.82 bits per heavy atom. The molecule has 0 saturated carbocycles. The molecular formula is C21H22N2O5. The zero-order valence-electron chi connectivity index (χ0n) is 15.6. The van der Waals surface area contributed by atoms with Crippen molar-refractivity contribution in [2.75, 3.05) is 25.6 Å². The number of amides is 2. The van der Waals surface area contributed by atoms with Gasteiger partial charge in [0.2, 0.25) is 5.91 Å². The number of carbonyl (C=O) groups is 3. The van der Waals surface area contributed by atoms with Crippen LogP contribution in [0.1, 0.15) is 12.0 Å². The molecule has 1 aliphatic rings. The Hall–Kier alpha value is -3.35. The molecule has 2 amide bonds. The summed E-state index contributed by atoms with van der Waals surface area (Å²) in [5.74, 6) is -1.15. The minimum atomic E-state index is -0.560. The Morgan fingerprint density at radius 3 is 2.57 bits per heavy atom. The van der Waals surface area contributed by atoms with E-state index in [0.717, 1.165) is 5.56 Å². The number of para-hydroxylation sites is 2. The monoisotopic (exact) mass is 382 g/mol. The van der Waals surface area contributed by atoms with Crippen LogP contribution in [-0.2, 0) is 25.7 Å². The number of nitrogens with one attached hydrogen (secondary N) is 1. The van der Waals surface area contributed by atoms with Crippen molar-refractivity contribution in [1.82, 2.24) is 4.90 Å². The third kappa shape index (κ3) is 4.88. The summed E-state index contributed by atoms with van der Waals surface area (Å²) in [5, 5.41) is 2.64. The van der Waals surface area contributed by atoms with Crippen LogP contribution in [0, 0.1) is 5.92 Å². The van der Waals surface area contributed by atoms with Gasteiger partial charge in [0.1, 0.15) is 5.75 Å². The van der Waals surface area contributed by atoms with Crippen molar-refractivity contribution in [2.45, 2.75) is 13.0 Å². The zero-order valence-corrected chi connectivity index (χ0v) is 15.6. The number of hydrogen-bond acceptors (Lipinski definition) is 5. The molecule has 7 heteroatoms. The van der Waals surface area contributed by atoms with Gasteiger partial charge in [-0.2, -0.15) is 0 Å². The Balaban J connectivity index is 1.48. The molecule has 2 aromatic carbocycles. The molecule has 3 rings (SSSR count). The standard InChI is InChI=1S/C21H22N2O5/c1-27-18-10-6-5-9-17(18)22-19(24)14-28-21(26)16-11-20(25)23(13-16)12-15-7-3-2-4-8-15/h2-10,16H,11-14H2,1H3,(H,22,24)/t16-/m0/s1. The van der Waals surface area contributed by atoms with Gasteiger partial charge >= 0.3 is 5.97 Å². The van der Waals surface area contributed by atoms with Crippen LogP contribution >= 0.6 is 0 Å². The summed E-state index contributed by atoms with van der Waals surface area (Å²) >= 11 is 0. The molecule has 0 aromatic heterocycles. The summed E-state index contributed by atoms with van der Waals surface area (Å²) in [4.78, 5) is 38.1. The van der Waals surface area contributed by atoms with Crippen molar-refractivity contribution in [2.24, 2.45) is 5.92 Å². The minimum Gasteiger partial charge on any atom is -0.495 e. The first kappa shape index (κ1) is 19.4. The first-order chi connectivity index (χ1) is 13.6. The molecule has 7 nitrogen and oxygen atoms in total. The predicted octanol–water partition coefficient (Wildman–Crippen LogP) is 2.23. The van der Waals surface area contributed by atoms with E-state index in [2.05, 4.69) is 5.32 Å². The predicted molar refractivity (Wildman–Crippen MR) is 103 cm³/mol. The number of anilines is 1. The van der Waals surface area contributed by atoms with Crippen LogP contribution in [0.2, 0.25) is 0 Å². The average molecular weight is 382 g/mol. The lowest BCUT2D eigenvalue weighted by atomic mass is 10.1. The van der Waals surface area contributed by atoms with Crippen LogP contribution in [0.25, 0.3) is 0 Å². The van der Waals surface area contributed by atoms with E-state index in [1.165, 1.54) is 7.11 Å². The van der Waals surface area contributed by atoms with Gasteiger partial charge in [0, 0.05) is 19.5 Å². The molecule has 1 saturated heterocycles. The van der Waals surface area contributed by atoms with Gasteiger partial charge in [0.25, 0.3) is 5.91 Å². The second-order valence-electron chi connectivity index (χ2n) is 6.52. The molecule has 0 radical (unpaired) electrons. The molecule has 0 bridgehead atoms.